The monoisotopic (exact) mass is 343 g/mol. The minimum atomic E-state index is -1.04. The molecule has 1 aromatic rings. The van der Waals surface area contributed by atoms with Crippen LogP contribution in [-0.4, -0.2) is 27.9 Å². The molecule has 0 radical (unpaired) electrons. The van der Waals surface area contributed by atoms with E-state index < -0.39 is 23.7 Å². The summed E-state index contributed by atoms with van der Waals surface area (Å²) in [7, 11) is 0. The van der Waals surface area contributed by atoms with Crippen LogP contribution in [0.25, 0.3) is 0 Å². The summed E-state index contributed by atoms with van der Waals surface area (Å²) in [5.74, 6) is -2.56. The maximum atomic E-state index is 13.5. The summed E-state index contributed by atoms with van der Waals surface area (Å²) in [6.07, 6.45) is -0.0544. The summed E-state index contributed by atoms with van der Waals surface area (Å²) >= 11 is 3.32. The molecule has 108 valence electrons. The highest BCUT2D eigenvalue weighted by atomic mass is 79.9. The van der Waals surface area contributed by atoms with Gasteiger partial charge in [-0.2, -0.15) is 0 Å². The first kappa shape index (κ1) is 15.0. The standard InChI is InChI=1S/C14H15BrFNO3/c1-7(2)17-12(18)6-10(14(19)20)13(17)9-5-8(16)3-4-11(9)15/h3-5,7,10,13H,6H2,1-2H3,(H,19,20). The van der Waals surface area contributed by atoms with Crippen molar-refractivity contribution in [2.45, 2.75) is 32.4 Å². The second-order valence-electron chi connectivity index (χ2n) is 5.15. The van der Waals surface area contributed by atoms with E-state index in [0.29, 0.717) is 10.0 Å². The van der Waals surface area contributed by atoms with Gasteiger partial charge in [0.05, 0.1) is 12.0 Å². The van der Waals surface area contributed by atoms with Crippen LogP contribution >= 0.6 is 15.9 Å². The van der Waals surface area contributed by atoms with Crippen molar-refractivity contribution in [2.75, 3.05) is 0 Å². The Bertz CT molecular complexity index is 561. The number of carbonyl (C=O) groups is 2. The van der Waals surface area contributed by atoms with E-state index in [1.807, 2.05) is 13.8 Å². The van der Waals surface area contributed by atoms with Gasteiger partial charge in [-0.25, -0.2) is 4.39 Å². The number of carboxylic acids is 1. The van der Waals surface area contributed by atoms with Crippen LogP contribution < -0.4 is 0 Å². The molecule has 1 saturated heterocycles. The number of hydrogen-bond acceptors (Lipinski definition) is 2. The minimum absolute atomic E-state index is 0.0544. The Morgan fingerprint density at radius 1 is 1.50 bits per heavy atom. The predicted octanol–water partition coefficient (Wildman–Crippen LogP) is 2.97. The number of carboxylic acid groups (broad SMARTS) is 1. The molecule has 4 nitrogen and oxygen atoms in total. The van der Waals surface area contributed by atoms with Gasteiger partial charge in [0, 0.05) is 16.9 Å². The Morgan fingerprint density at radius 3 is 2.70 bits per heavy atom. The molecule has 0 aromatic heterocycles. The van der Waals surface area contributed by atoms with Crippen molar-refractivity contribution >= 4 is 27.8 Å². The van der Waals surface area contributed by atoms with E-state index in [0.717, 1.165) is 0 Å². The molecule has 1 heterocycles. The largest absolute Gasteiger partial charge is 0.481 e. The lowest BCUT2D eigenvalue weighted by molar-refractivity contribution is -0.142. The summed E-state index contributed by atoms with van der Waals surface area (Å²) in [5, 5.41) is 9.33. The molecule has 1 aliphatic heterocycles. The number of aliphatic carboxylic acids is 1. The van der Waals surface area contributed by atoms with Crippen molar-refractivity contribution in [1.82, 2.24) is 4.90 Å². The first-order valence-corrected chi connectivity index (χ1v) is 7.11. The molecule has 2 atom stereocenters. The number of halogens is 2. The van der Waals surface area contributed by atoms with E-state index in [1.165, 1.54) is 23.1 Å². The van der Waals surface area contributed by atoms with Crippen molar-refractivity contribution in [3.05, 3.63) is 34.1 Å². The van der Waals surface area contributed by atoms with Crippen LogP contribution in [0.4, 0.5) is 4.39 Å². The molecular formula is C14H15BrFNO3. The Balaban J connectivity index is 2.54. The molecule has 0 bridgehead atoms. The van der Waals surface area contributed by atoms with Crippen LogP contribution in [-0.2, 0) is 9.59 Å². The minimum Gasteiger partial charge on any atom is -0.481 e. The summed E-state index contributed by atoms with van der Waals surface area (Å²) in [4.78, 5) is 25.0. The highest BCUT2D eigenvalue weighted by molar-refractivity contribution is 9.10. The van der Waals surface area contributed by atoms with Crippen molar-refractivity contribution < 1.29 is 19.1 Å². The van der Waals surface area contributed by atoms with Gasteiger partial charge in [0.25, 0.3) is 0 Å². The van der Waals surface area contributed by atoms with Crippen molar-refractivity contribution in [1.29, 1.82) is 0 Å². The van der Waals surface area contributed by atoms with Gasteiger partial charge < -0.3 is 10.0 Å². The zero-order valence-electron chi connectivity index (χ0n) is 11.1. The van der Waals surface area contributed by atoms with Gasteiger partial charge in [0.15, 0.2) is 0 Å². The zero-order chi connectivity index (χ0) is 15.0. The lowest BCUT2D eigenvalue weighted by Gasteiger charge is -2.31. The van der Waals surface area contributed by atoms with Crippen LogP contribution in [0.1, 0.15) is 31.9 Å². The van der Waals surface area contributed by atoms with E-state index >= 15 is 0 Å². The molecule has 1 fully saturated rings. The lowest BCUT2D eigenvalue weighted by atomic mass is 9.93. The fourth-order valence-electron chi connectivity index (χ4n) is 2.69. The van der Waals surface area contributed by atoms with E-state index in [-0.39, 0.29) is 18.4 Å². The number of nitrogens with zero attached hydrogens (tertiary/aromatic N) is 1. The second kappa shape index (κ2) is 5.52. The molecule has 20 heavy (non-hydrogen) atoms. The summed E-state index contributed by atoms with van der Waals surface area (Å²) in [6, 6.07) is 3.32. The third-order valence-corrected chi connectivity index (χ3v) is 4.24. The third kappa shape index (κ3) is 2.57. The number of hydrogen-bond donors (Lipinski definition) is 1. The highest BCUT2D eigenvalue weighted by Gasteiger charge is 2.46. The molecule has 1 aliphatic rings. The van der Waals surface area contributed by atoms with Gasteiger partial charge in [-0.05, 0) is 37.6 Å². The molecule has 2 rings (SSSR count). The van der Waals surface area contributed by atoms with Crippen molar-refractivity contribution in [2.24, 2.45) is 5.92 Å². The number of likely N-dealkylation sites (tertiary alicyclic amines) is 1. The van der Waals surface area contributed by atoms with Gasteiger partial charge in [-0.15, -0.1) is 0 Å². The Kier molecular flexibility index (Phi) is 4.13. The van der Waals surface area contributed by atoms with Gasteiger partial charge >= 0.3 is 5.97 Å². The lowest BCUT2D eigenvalue weighted by Crippen LogP contribution is -2.36. The first-order chi connectivity index (χ1) is 9.32. The van der Waals surface area contributed by atoms with Crippen LogP contribution in [0.15, 0.2) is 22.7 Å². The highest BCUT2D eigenvalue weighted by Crippen LogP contribution is 2.42. The van der Waals surface area contributed by atoms with E-state index in [2.05, 4.69) is 15.9 Å². The zero-order valence-corrected chi connectivity index (χ0v) is 12.7. The SMILES string of the molecule is CC(C)N1C(=O)CC(C(=O)O)C1c1cc(F)ccc1Br. The molecule has 0 aliphatic carbocycles. The average molecular weight is 344 g/mol. The van der Waals surface area contributed by atoms with Gasteiger partial charge in [-0.1, -0.05) is 15.9 Å². The quantitative estimate of drug-likeness (QED) is 0.917. The normalized spacial score (nSPS) is 22.6. The summed E-state index contributed by atoms with van der Waals surface area (Å²) in [6.45, 7) is 3.64. The van der Waals surface area contributed by atoms with Crippen LogP contribution in [0.3, 0.4) is 0 Å². The smallest absolute Gasteiger partial charge is 0.309 e. The second-order valence-corrected chi connectivity index (χ2v) is 6.01. The van der Waals surface area contributed by atoms with Gasteiger partial charge in [0.1, 0.15) is 5.82 Å². The third-order valence-electron chi connectivity index (χ3n) is 3.51. The molecule has 1 aromatic carbocycles. The Hall–Kier alpha value is -1.43. The van der Waals surface area contributed by atoms with Crippen LogP contribution in [0.2, 0.25) is 0 Å². The van der Waals surface area contributed by atoms with Crippen molar-refractivity contribution in [3.63, 3.8) is 0 Å². The number of carbonyl (C=O) groups excluding carboxylic acids is 1. The number of amides is 1. The van der Waals surface area contributed by atoms with E-state index in [4.69, 9.17) is 0 Å². The van der Waals surface area contributed by atoms with E-state index in [1.54, 1.807) is 0 Å². The number of benzene rings is 1. The van der Waals surface area contributed by atoms with Crippen LogP contribution in [0.5, 0.6) is 0 Å². The molecule has 1 N–H and O–H groups in total. The molecule has 1 amide bonds. The van der Waals surface area contributed by atoms with Crippen LogP contribution in [0, 0.1) is 11.7 Å². The summed E-state index contributed by atoms with van der Waals surface area (Å²) in [5.41, 5.74) is 0.497. The number of rotatable bonds is 3. The maximum absolute atomic E-state index is 13.5. The Morgan fingerprint density at radius 2 is 2.15 bits per heavy atom. The molecule has 0 spiro atoms. The maximum Gasteiger partial charge on any atom is 0.309 e. The summed E-state index contributed by atoms with van der Waals surface area (Å²) < 4.78 is 14.1. The van der Waals surface area contributed by atoms with Gasteiger partial charge in [-0.3, -0.25) is 9.59 Å². The fraction of sp³-hybridized carbons (Fsp3) is 0.429. The molecule has 2 unspecified atom stereocenters. The topological polar surface area (TPSA) is 57.6 Å². The molecular weight excluding hydrogens is 329 g/mol. The van der Waals surface area contributed by atoms with Gasteiger partial charge in [0.2, 0.25) is 5.91 Å². The van der Waals surface area contributed by atoms with E-state index in [9.17, 15) is 19.1 Å². The average Bonchev–Trinajstić information content (AvgIpc) is 2.70. The molecule has 0 saturated carbocycles. The Labute approximate surface area is 124 Å². The first-order valence-electron chi connectivity index (χ1n) is 6.32. The molecule has 6 heteroatoms. The predicted molar refractivity (Wildman–Crippen MR) is 74.6 cm³/mol. The fourth-order valence-corrected chi connectivity index (χ4v) is 3.17. The van der Waals surface area contributed by atoms with Crippen molar-refractivity contribution in [3.8, 4) is 0 Å².